The van der Waals surface area contributed by atoms with E-state index in [1.807, 2.05) is 21.1 Å². The Kier molecular flexibility index (Phi) is 40.4. The number of carbonyl (C=O) groups excluding carboxylic acids is 3. The molecular formula is C50H91NO8. The fourth-order valence-electron chi connectivity index (χ4n) is 6.56. The van der Waals surface area contributed by atoms with Crippen molar-refractivity contribution in [3.63, 3.8) is 0 Å². The Labute approximate surface area is 362 Å². The summed E-state index contributed by atoms with van der Waals surface area (Å²) >= 11 is 0. The van der Waals surface area contributed by atoms with Crippen LogP contribution in [0.4, 0.5) is 0 Å². The minimum atomic E-state index is -1.62. The van der Waals surface area contributed by atoms with Gasteiger partial charge in [-0.15, -0.1) is 0 Å². The lowest BCUT2D eigenvalue weighted by Gasteiger charge is -2.26. The molecule has 0 bridgehead atoms. The van der Waals surface area contributed by atoms with Gasteiger partial charge in [0, 0.05) is 12.8 Å². The van der Waals surface area contributed by atoms with E-state index >= 15 is 0 Å². The predicted octanol–water partition coefficient (Wildman–Crippen LogP) is 11.7. The van der Waals surface area contributed by atoms with Crippen LogP contribution in [-0.2, 0) is 33.3 Å². The predicted molar refractivity (Wildman–Crippen MR) is 242 cm³/mol. The number of nitrogens with zero attached hydrogens (tertiary/aromatic N) is 1. The molecule has 0 aromatic carbocycles. The molecule has 0 amide bonds. The summed E-state index contributed by atoms with van der Waals surface area (Å²) in [6.45, 7) is 4.71. The number of ether oxygens (including phenoxy) is 4. The van der Waals surface area contributed by atoms with Crippen molar-refractivity contribution in [3.05, 3.63) is 36.5 Å². The fourth-order valence-corrected chi connectivity index (χ4v) is 6.56. The number of likely N-dealkylation sites (N-methyl/N-ethyl adjacent to an activating group) is 1. The second-order valence-corrected chi connectivity index (χ2v) is 17.4. The van der Waals surface area contributed by atoms with Gasteiger partial charge in [-0.05, 0) is 70.6 Å². The highest BCUT2D eigenvalue weighted by molar-refractivity contribution is 5.70. The van der Waals surface area contributed by atoms with Crippen molar-refractivity contribution in [1.29, 1.82) is 0 Å². The van der Waals surface area contributed by atoms with E-state index in [0.717, 1.165) is 70.6 Å². The quantitative estimate of drug-likeness (QED) is 0.0196. The van der Waals surface area contributed by atoms with E-state index in [4.69, 9.17) is 18.9 Å². The van der Waals surface area contributed by atoms with Gasteiger partial charge >= 0.3 is 11.9 Å². The highest BCUT2D eigenvalue weighted by Gasteiger charge is 2.21. The van der Waals surface area contributed by atoms with Gasteiger partial charge in [-0.25, -0.2) is 0 Å². The van der Waals surface area contributed by atoms with E-state index < -0.39 is 24.3 Å². The van der Waals surface area contributed by atoms with E-state index in [0.29, 0.717) is 17.4 Å². The topological polar surface area (TPSA) is 111 Å². The summed E-state index contributed by atoms with van der Waals surface area (Å²) < 4.78 is 22.6. The molecule has 0 aliphatic heterocycles. The van der Waals surface area contributed by atoms with Crippen LogP contribution >= 0.6 is 0 Å². The molecule has 0 rings (SSSR count). The number of rotatable bonds is 44. The summed E-state index contributed by atoms with van der Waals surface area (Å²) in [5, 5.41) is 11.7. The molecule has 0 fully saturated rings. The number of aliphatic carboxylic acids is 1. The van der Waals surface area contributed by atoms with Gasteiger partial charge in [0.1, 0.15) is 13.2 Å². The Morgan fingerprint density at radius 3 is 1.37 bits per heavy atom. The first kappa shape index (κ1) is 56.5. The molecule has 0 saturated carbocycles. The van der Waals surface area contributed by atoms with E-state index in [-0.39, 0.29) is 38.6 Å². The molecule has 0 aliphatic carbocycles. The maximum absolute atomic E-state index is 12.8. The Balaban J connectivity index is 4.42. The molecule has 2 atom stereocenters. The number of esters is 2. The normalized spacial score (nSPS) is 13.2. The first-order valence-electron chi connectivity index (χ1n) is 24.1. The average molecular weight is 834 g/mol. The molecular weight excluding hydrogens is 743 g/mol. The van der Waals surface area contributed by atoms with Gasteiger partial charge in [0.15, 0.2) is 12.4 Å². The van der Waals surface area contributed by atoms with Crippen molar-refractivity contribution < 1.29 is 42.9 Å². The van der Waals surface area contributed by atoms with Crippen molar-refractivity contribution in [1.82, 2.24) is 0 Å². The summed E-state index contributed by atoms with van der Waals surface area (Å²) in [4.78, 5) is 37.0. The summed E-state index contributed by atoms with van der Waals surface area (Å²) in [5.41, 5.74) is 0. The molecule has 0 aromatic heterocycles. The first-order chi connectivity index (χ1) is 28.6. The zero-order valence-electron chi connectivity index (χ0n) is 38.9. The van der Waals surface area contributed by atoms with Gasteiger partial charge in [-0.3, -0.25) is 9.59 Å². The van der Waals surface area contributed by atoms with Gasteiger partial charge in [0.25, 0.3) is 0 Å². The number of carboxylic acid groups (broad SMARTS) is 1. The molecule has 0 aliphatic rings. The highest BCUT2D eigenvalue weighted by atomic mass is 16.7. The molecule has 0 spiro atoms. The van der Waals surface area contributed by atoms with Crippen LogP contribution in [0.2, 0.25) is 0 Å². The average Bonchev–Trinajstić information content (AvgIpc) is 3.19. The van der Waals surface area contributed by atoms with Crippen LogP contribution in [0, 0.1) is 0 Å². The zero-order chi connectivity index (χ0) is 43.5. The number of hydrogen-bond acceptors (Lipinski definition) is 8. The van der Waals surface area contributed by atoms with Crippen LogP contribution in [0.25, 0.3) is 0 Å². The smallest absolute Gasteiger partial charge is 0.306 e. The van der Waals surface area contributed by atoms with E-state index in [2.05, 4.69) is 50.3 Å². The number of unbranched alkanes of at least 4 members (excludes halogenated alkanes) is 23. The number of allylic oxidation sites excluding steroid dienone is 6. The van der Waals surface area contributed by atoms with E-state index in [9.17, 15) is 19.5 Å². The second kappa shape index (κ2) is 42.2. The van der Waals surface area contributed by atoms with E-state index in [1.54, 1.807) is 0 Å². The SMILES string of the molecule is CCCCCC/C=C\C/C=C\CCCCCCCCCC(=O)OC(COC(=O)CCCCCCC/C=C\CCCCCCCCC)COC(OCC[N+](C)(C)C)C(=O)[O-]. The van der Waals surface area contributed by atoms with Crippen molar-refractivity contribution in [2.75, 3.05) is 47.5 Å². The maximum atomic E-state index is 12.8. The standard InChI is InChI=1S/C50H91NO8/c1-6-8-10-12-14-16-18-20-22-24-25-27-29-31-33-35-37-39-41-48(53)59-46(45-58-50(49(54)55)56-43-42-51(3,4)5)44-57-47(52)40-38-36-34-32-30-28-26-23-21-19-17-15-13-11-9-7-2/h16,18,22-24,26,46,50H,6-15,17,19-21,25,27-45H2,1-5H3/b18-16-,24-22-,26-23-. The third kappa shape index (κ3) is 43.4. The molecule has 0 saturated heterocycles. The lowest BCUT2D eigenvalue weighted by atomic mass is 10.1. The molecule has 9 heteroatoms. The van der Waals surface area contributed by atoms with Gasteiger partial charge < -0.3 is 33.3 Å². The first-order valence-corrected chi connectivity index (χ1v) is 24.1. The van der Waals surface area contributed by atoms with Crippen LogP contribution < -0.4 is 5.11 Å². The van der Waals surface area contributed by atoms with Gasteiger partial charge in [-0.1, -0.05) is 159 Å². The molecule has 0 radical (unpaired) electrons. The van der Waals surface area contributed by atoms with Crippen molar-refractivity contribution in [2.45, 2.75) is 219 Å². The number of carboxylic acids is 1. The summed E-state index contributed by atoms with van der Waals surface area (Å²) in [6, 6.07) is 0. The lowest BCUT2D eigenvalue weighted by Crippen LogP contribution is -2.44. The largest absolute Gasteiger partial charge is 0.545 e. The van der Waals surface area contributed by atoms with Crippen LogP contribution in [0.3, 0.4) is 0 Å². The third-order valence-corrected chi connectivity index (χ3v) is 10.4. The van der Waals surface area contributed by atoms with Crippen molar-refractivity contribution >= 4 is 17.9 Å². The Morgan fingerprint density at radius 1 is 0.508 bits per heavy atom. The van der Waals surface area contributed by atoms with Crippen LogP contribution in [0.5, 0.6) is 0 Å². The van der Waals surface area contributed by atoms with Crippen LogP contribution in [0.15, 0.2) is 36.5 Å². The maximum Gasteiger partial charge on any atom is 0.306 e. The van der Waals surface area contributed by atoms with Crippen LogP contribution in [-0.4, -0.2) is 82.3 Å². The Bertz CT molecular complexity index is 1070. The molecule has 344 valence electrons. The summed E-state index contributed by atoms with van der Waals surface area (Å²) in [7, 11) is 5.91. The van der Waals surface area contributed by atoms with Gasteiger partial charge in [-0.2, -0.15) is 0 Å². The summed E-state index contributed by atoms with van der Waals surface area (Å²) in [6.07, 6.45) is 44.5. The molecule has 9 nitrogen and oxygen atoms in total. The minimum absolute atomic E-state index is 0.145. The van der Waals surface area contributed by atoms with Gasteiger partial charge in [0.2, 0.25) is 0 Å². The minimum Gasteiger partial charge on any atom is -0.545 e. The fraction of sp³-hybridized carbons (Fsp3) is 0.820. The monoisotopic (exact) mass is 834 g/mol. The van der Waals surface area contributed by atoms with Crippen LogP contribution in [0.1, 0.15) is 206 Å². The molecule has 59 heavy (non-hydrogen) atoms. The molecule has 0 heterocycles. The lowest BCUT2D eigenvalue weighted by molar-refractivity contribution is -0.870. The zero-order valence-corrected chi connectivity index (χ0v) is 38.9. The second-order valence-electron chi connectivity index (χ2n) is 17.4. The van der Waals surface area contributed by atoms with Gasteiger partial charge in [0.05, 0.1) is 40.3 Å². The molecule has 2 unspecified atom stereocenters. The third-order valence-electron chi connectivity index (χ3n) is 10.4. The molecule has 0 N–H and O–H groups in total. The number of carbonyl (C=O) groups is 3. The molecule has 0 aromatic rings. The highest BCUT2D eigenvalue weighted by Crippen LogP contribution is 2.14. The Morgan fingerprint density at radius 2 is 0.915 bits per heavy atom. The number of quaternary nitrogens is 1. The van der Waals surface area contributed by atoms with E-state index in [1.165, 1.54) is 103 Å². The number of hydrogen-bond donors (Lipinski definition) is 0. The Hall–Kier alpha value is -2.49. The van der Waals surface area contributed by atoms with Crippen molar-refractivity contribution in [2.24, 2.45) is 0 Å². The summed E-state index contributed by atoms with van der Waals surface area (Å²) in [5.74, 6) is -2.30. The van der Waals surface area contributed by atoms with Crippen molar-refractivity contribution in [3.8, 4) is 0 Å².